The van der Waals surface area contributed by atoms with E-state index in [9.17, 15) is 0 Å². The van der Waals surface area contributed by atoms with Gasteiger partial charge in [0.05, 0.1) is 33.5 Å². The van der Waals surface area contributed by atoms with Gasteiger partial charge in [-0.15, -0.1) is 0 Å². The van der Waals surface area contributed by atoms with E-state index in [1.807, 2.05) is 18.2 Å². The topological polar surface area (TPSA) is 43.9 Å². The molecule has 0 unspecified atom stereocenters. The molecule has 3 heterocycles. The van der Waals surface area contributed by atoms with Crippen LogP contribution in [-0.4, -0.2) is 14.5 Å². The van der Waals surface area contributed by atoms with Crippen LogP contribution in [0.15, 0.2) is 180 Å². The average Bonchev–Trinajstić information content (AvgIpc) is 3.81. The highest BCUT2D eigenvalue weighted by molar-refractivity contribution is 6.35. The summed E-state index contributed by atoms with van der Waals surface area (Å²) in [6.45, 7) is 0. The Balaban J connectivity index is 1.22. The lowest BCUT2D eigenvalue weighted by Gasteiger charge is -2.14. The summed E-state index contributed by atoms with van der Waals surface area (Å²) in [4.78, 5) is 10.8. The molecule has 0 N–H and O–H groups in total. The van der Waals surface area contributed by atoms with E-state index in [1.165, 1.54) is 21.5 Å². The number of para-hydroxylation sites is 2. The standard InChI is InChI=1S/C50H29N3O/c1-3-13-32(14-4-1)46-47(33-15-5-2-6-16-33)52-48-40(51-46)28-26-31-24-23-30-25-27-34(29-39(30)43(31)48)53-41-21-11-9-19-37(41)44-35-17-7-8-18-36(35)45-38-20-10-12-22-42(38)54-50(45)49(44)53/h1-29H. The van der Waals surface area contributed by atoms with E-state index in [0.717, 1.165) is 93.8 Å². The third kappa shape index (κ3) is 4.08. The number of hydrogen-bond acceptors (Lipinski definition) is 3. The van der Waals surface area contributed by atoms with Crippen molar-refractivity contribution in [1.29, 1.82) is 0 Å². The molecule has 0 aliphatic heterocycles. The molecule has 0 saturated carbocycles. The molecule has 54 heavy (non-hydrogen) atoms. The van der Waals surface area contributed by atoms with Crippen molar-refractivity contribution in [3.63, 3.8) is 0 Å². The van der Waals surface area contributed by atoms with E-state index in [0.29, 0.717) is 0 Å². The Hall–Kier alpha value is -7.30. The predicted molar refractivity (Wildman–Crippen MR) is 225 cm³/mol. The minimum Gasteiger partial charge on any atom is -0.454 e. The summed E-state index contributed by atoms with van der Waals surface area (Å²) in [5.41, 5.74) is 10.6. The molecule has 12 aromatic rings. The Kier molecular flexibility index (Phi) is 6.02. The van der Waals surface area contributed by atoms with Gasteiger partial charge in [-0.1, -0.05) is 146 Å². The van der Waals surface area contributed by atoms with Gasteiger partial charge in [0, 0.05) is 43.7 Å². The Morgan fingerprint density at radius 2 is 1.02 bits per heavy atom. The minimum atomic E-state index is 0.867. The third-order valence-electron chi connectivity index (χ3n) is 11.1. The summed E-state index contributed by atoms with van der Waals surface area (Å²) < 4.78 is 9.25. The summed E-state index contributed by atoms with van der Waals surface area (Å²) in [5, 5.41) is 11.6. The van der Waals surface area contributed by atoms with Crippen LogP contribution in [0.4, 0.5) is 0 Å². The number of fused-ring (bicyclic) bond motifs is 15. The monoisotopic (exact) mass is 687 g/mol. The van der Waals surface area contributed by atoms with E-state index in [4.69, 9.17) is 14.4 Å². The van der Waals surface area contributed by atoms with Crippen LogP contribution in [0.5, 0.6) is 0 Å². The Morgan fingerprint density at radius 1 is 0.426 bits per heavy atom. The fourth-order valence-electron chi connectivity index (χ4n) is 8.77. The second-order valence-corrected chi connectivity index (χ2v) is 14.1. The van der Waals surface area contributed by atoms with Crippen LogP contribution in [0.3, 0.4) is 0 Å². The molecule has 0 radical (unpaired) electrons. The largest absolute Gasteiger partial charge is 0.454 e. The Morgan fingerprint density at radius 3 is 1.80 bits per heavy atom. The van der Waals surface area contributed by atoms with E-state index in [2.05, 4.69) is 162 Å². The predicted octanol–water partition coefficient (Wildman–Crippen LogP) is 13.4. The zero-order valence-electron chi connectivity index (χ0n) is 29.0. The molecule has 0 bridgehead atoms. The quantitative estimate of drug-likeness (QED) is 0.174. The smallest absolute Gasteiger partial charge is 0.160 e. The summed E-state index contributed by atoms with van der Waals surface area (Å²) in [6, 6.07) is 62.2. The van der Waals surface area contributed by atoms with Gasteiger partial charge in [-0.2, -0.15) is 0 Å². The third-order valence-corrected chi connectivity index (χ3v) is 11.1. The van der Waals surface area contributed by atoms with Crippen molar-refractivity contribution in [2.45, 2.75) is 0 Å². The summed E-state index contributed by atoms with van der Waals surface area (Å²) >= 11 is 0. The first-order valence-corrected chi connectivity index (χ1v) is 18.3. The van der Waals surface area contributed by atoms with Crippen LogP contribution in [-0.2, 0) is 0 Å². The second-order valence-electron chi connectivity index (χ2n) is 14.1. The first-order valence-electron chi connectivity index (χ1n) is 18.3. The Labute approximate surface area is 309 Å². The molecule has 4 nitrogen and oxygen atoms in total. The van der Waals surface area contributed by atoms with Gasteiger partial charge >= 0.3 is 0 Å². The van der Waals surface area contributed by atoms with E-state index >= 15 is 0 Å². The van der Waals surface area contributed by atoms with Gasteiger partial charge in [-0.3, -0.25) is 0 Å². The molecule has 0 fully saturated rings. The molecule has 12 rings (SSSR count). The summed E-state index contributed by atoms with van der Waals surface area (Å²) in [7, 11) is 0. The molecular formula is C50H29N3O. The van der Waals surface area contributed by atoms with Crippen LogP contribution < -0.4 is 0 Å². The molecule has 0 amide bonds. The lowest BCUT2D eigenvalue weighted by atomic mass is 9.98. The molecule has 0 saturated heterocycles. The minimum absolute atomic E-state index is 0.867. The highest BCUT2D eigenvalue weighted by atomic mass is 16.3. The van der Waals surface area contributed by atoms with Crippen molar-refractivity contribution >= 4 is 87.1 Å². The van der Waals surface area contributed by atoms with Gasteiger partial charge in [0.2, 0.25) is 0 Å². The van der Waals surface area contributed by atoms with Crippen LogP contribution in [0.25, 0.3) is 115 Å². The SMILES string of the molecule is c1ccc(-c2nc3ccc4ccc5ccc(-n6c7ccccc7c7c8ccccc8c8c9ccccc9oc8c76)cc5c4c3nc2-c2ccccc2)cc1. The fourth-order valence-corrected chi connectivity index (χ4v) is 8.77. The average molecular weight is 688 g/mol. The van der Waals surface area contributed by atoms with Crippen LogP contribution >= 0.6 is 0 Å². The molecular weight excluding hydrogens is 659 g/mol. The summed E-state index contributed by atoms with van der Waals surface area (Å²) in [6.07, 6.45) is 0. The molecule has 9 aromatic carbocycles. The molecule has 4 heteroatoms. The molecule has 0 aliphatic rings. The lowest BCUT2D eigenvalue weighted by Crippen LogP contribution is -1.97. The first kappa shape index (κ1) is 29.3. The summed E-state index contributed by atoms with van der Waals surface area (Å²) in [5.74, 6) is 0. The van der Waals surface area contributed by atoms with Gasteiger partial charge in [-0.05, 0) is 57.3 Å². The van der Waals surface area contributed by atoms with Crippen molar-refractivity contribution in [2.24, 2.45) is 0 Å². The first-order chi connectivity index (χ1) is 26.8. The molecule has 250 valence electrons. The van der Waals surface area contributed by atoms with Crippen molar-refractivity contribution in [3.8, 4) is 28.2 Å². The second kappa shape index (κ2) is 11.1. The van der Waals surface area contributed by atoms with E-state index in [1.54, 1.807) is 0 Å². The normalized spacial score (nSPS) is 12.1. The highest BCUT2D eigenvalue weighted by Gasteiger charge is 2.23. The maximum absolute atomic E-state index is 6.84. The van der Waals surface area contributed by atoms with Crippen molar-refractivity contribution < 1.29 is 4.42 Å². The fraction of sp³-hybridized carbons (Fsp3) is 0. The number of hydrogen-bond donors (Lipinski definition) is 0. The maximum Gasteiger partial charge on any atom is 0.160 e. The van der Waals surface area contributed by atoms with Crippen LogP contribution in [0.1, 0.15) is 0 Å². The van der Waals surface area contributed by atoms with E-state index < -0.39 is 0 Å². The van der Waals surface area contributed by atoms with Gasteiger partial charge in [-0.25, -0.2) is 9.97 Å². The molecule has 0 atom stereocenters. The van der Waals surface area contributed by atoms with Crippen LogP contribution in [0.2, 0.25) is 0 Å². The zero-order chi connectivity index (χ0) is 35.3. The van der Waals surface area contributed by atoms with Crippen molar-refractivity contribution in [2.75, 3.05) is 0 Å². The molecule has 0 aliphatic carbocycles. The van der Waals surface area contributed by atoms with E-state index in [-0.39, 0.29) is 0 Å². The Bertz CT molecular complexity index is 3490. The zero-order valence-corrected chi connectivity index (χ0v) is 29.0. The number of nitrogens with zero attached hydrogens (tertiary/aromatic N) is 3. The lowest BCUT2D eigenvalue weighted by molar-refractivity contribution is 0.671. The molecule has 3 aromatic heterocycles. The number of furan rings is 1. The molecule has 0 spiro atoms. The highest BCUT2D eigenvalue weighted by Crippen LogP contribution is 2.46. The van der Waals surface area contributed by atoms with Crippen molar-refractivity contribution in [1.82, 2.24) is 14.5 Å². The van der Waals surface area contributed by atoms with Gasteiger partial charge in [0.15, 0.2) is 5.58 Å². The maximum atomic E-state index is 6.84. The number of aromatic nitrogens is 3. The van der Waals surface area contributed by atoms with Crippen LogP contribution in [0, 0.1) is 0 Å². The number of rotatable bonds is 3. The van der Waals surface area contributed by atoms with Gasteiger partial charge < -0.3 is 8.98 Å². The van der Waals surface area contributed by atoms with Gasteiger partial charge in [0.25, 0.3) is 0 Å². The van der Waals surface area contributed by atoms with Gasteiger partial charge in [0.1, 0.15) is 5.58 Å². The number of benzene rings is 9. The van der Waals surface area contributed by atoms with Crippen molar-refractivity contribution in [3.05, 3.63) is 176 Å².